The van der Waals surface area contributed by atoms with E-state index in [9.17, 15) is 22.0 Å². The number of ether oxygens (including phenoxy) is 1. The minimum Gasteiger partial charge on any atom is -0.406 e. The summed E-state index contributed by atoms with van der Waals surface area (Å²) < 4.78 is 67.3. The van der Waals surface area contributed by atoms with Gasteiger partial charge < -0.3 is 10.1 Å². The summed E-state index contributed by atoms with van der Waals surface area (Å²) in [5.41, 5.74) is 0.376. The first-order valence-electron chi connectivity index (χ1n) is 7.04. The van der Waals surface area contributed by atoms with Crippen LogP contribution in [0.15, 0.2) is 22.7 Å². The molecule has 0 bridgehead atoms. The van der Waals surface area contributed by atoms with Gasteiger partial charge in [0, 0.05) is 43.1 Å². The van der Waals surface area contributed by atoms with E-state index in [0.717, 1.165) is 6.07 Å². The molecule has 130 valence electrons. The Labute approximate surface area is 138 Å². The lowest BCUT2D eigenvalue weighted by atomic mass is 10.0. The maximum Gasteiger partial charge on any atom is 0.573 e. The van der Waals surface area contributed by atoms with Crippen LogP contribution in [0, 0.1) is 0 Å². The van der Waals surface area contributed by atoms with E-state index < -0.39 is 31.0 Å². The van der Waals surface area contributed by atoms with Gasteiger partial charge in [0.25, 0.3) is 0 Å². The molecule has 1 aliphatic heterocycles. The molecule has 2 rings (SSSR count). The number of hydrogen-bond acceptors (Lipinski definition) is 3. The molecule has 0 aromatic heterocycles. The van der Waals surface area contributed by atoms with Crippen LogP contribution in [0.4, 0.5) is 22.0 Å². The third kappa shape index (κ3) is 5.89. The SMILES string of the molecule is FC(F)C[C@H](c1cc(Br)cc(OC(F)(F)F)c1)N1CCNCC1. The van der Waals surface area contributed by atoms with Crippen LogP contribution < -0.4 is 10.1 Å². The van der Waals surface area contributed by atoms with E-state index in [4.69, 9.17) is 0 Å². The van der Waals surface area contributed by atoms with Gasteiger partial charge in [-0.25, -0.2) is 8.78 Å². The van der Waals surface area contributed by atoms with E-state index in [1.54, 1.807) is 6.07 Å². The van der Waals surface area contributed by atoms with Crippen LogP contribution in [0.2, 0.25) is 0 Å². The molecule has 0 radical (unpaired) electrons. The third-order valence-corrected chi connectivity index (χ3v) is 3.96. The molecular weight excluding hydrogens is 387 g/mol. The van der Waals surface area contributed by atoms with Gasteiger partial charge in [-0.15, -0.1) is 13.2 Å². The van der Waals surface area contributed by atoms with E-state index in [1.165, 1.54) is 6.07 Å². The molecule has 1 saturated heterocycles. The predicted molar refractivity (Wildman–Crippen MR) is 78.6 cm³/mol. The first kappa shape index (κ1) is 18.4. The number of rotatable bonds is 5. The molecule has 1 heterocycles. The van der Waals surface area contributed by atoms with Crippen LogP contribution in [-0.4, -0.2) is 43.9 Å². The molecule has 1 fully saturated rings. The standard InChI is InChI=1S/C14H16BrF5N2O/c15-10-5-9(6-11(7-10)23-14(18,19)20)12(8-13(16)17)22-3-1-21-2-4-22/h5-7,12-13,21H,1-4,8H2/t12-/m1/s1. The second-order valence-electron chi connectivity index (χ2n) is 5.20. The molecular formula is C14H16BrF5N2O. The Kier molecular flexibility index (Phi) is 6.21. The first-order chi connectivity index (χ1) is 10.7. The first-order valence-corrected chi connectivity index (χ1v) is 7.83. The smallest absolute Gasteiger partial charge is 0.406 e. The molecule has 23 heavy (non-hydrogen) atoms. The van der Waals surface area contributed by atoms with Gasteiger partial charge in [-0.1, -0.05) is 15.9 Å². The maximum absolute atomic E-state index is 12.9. The molecule has 0 aliphatic carbocycles. The van der Waals surface area contributed by atoms with Gasteiger partial charge in [0.2, 0.25) is 6.43 Å². The van der Waals surface area contributed by atoms with Crippen LogP contribution in [0.25, 0.3) is 0 Å². The molecule has 1 aromatic rings. The summed E-state index contributed by atoms with van der Waals surface area (Å²) in [5.74, 6) is -0.420. The van der Waals surface area contributed by atoms with Crippen molar-refractivity contribution in [3.05, 3.63) is 28.2 Å². The number of nitrogens with one attached hydrogen (secondary N) is 1. The maximum atomic E-state index is 12.9. The van der Waals surface area contributed by atoms with Crippen molar-refractivity contribution in [2.24, 2.45) is 0 Å². The Morgan fingerprint density at radius 3 is 2.39 bits per heavy atom. The highest BCUT2D eigenvalue weighted by Crippen LogP contribution is 2.34. The summed E-state index contributed by atoms with van der Waals surface area (Å²) in [5, 5.41) is 3.12. The van der Waals surface area contributed by atoms with E-state index in [0.29, 0.717) is 36.2 Å². The molecule has 1 aliphatic rings. The zero-order valence-electron chi connectivity index (χ0n) is 12.0. The number of nitrogens with zero attached hydrogens (tertiary/aromatic N) is 1. The quantitative estimate of drug-likeness (QED) is 0.754. The molecule has 0 amide bonds. The topological polar surface area (TPSA) is 24.5 Å². The number of alkyl halides is 5. The van der Waals surface area contributed by atoms with Gasteiger partial charge >= 0.3 is 6.36 Å². The van der Waals surface area contributed by atoms with Gasteiger partial charge in [-0.3, -0.25) is 4.90 Å². The Morgan fingerprint density at radius 1 is 1.17 bits per heavy atom. The van der Waals surface area contributed by atoms with Crippen molar-refractivity contribution in [3.63, 3.8) is 0 Å². The average Bonchev–Trinajstić information content (AvgIpc) is 2.43. The predicted octanol–water partition coefficient (Wildman–Crippen LogP) is 3.95. The fourth-order valence-electron chi connectivity index (χ4n) is 2.63. The number of piperazine rings is 1. The highest BCUT2D eigenvalue weighted by Gasteiger charge is 2.32. The van der Waals surface area contributed by atoms with Crippen LogP contribution in [0.5, 0.6) is 5.75 Å². The summed E-state index contributed by atoms with van der Waals surface area (Å²) in [6.45, 7) is 2.41. The van der Waals surface area contributed by atoms with E-state index in [2.05, 4.69) is 26.0 Å². The van der Waals surface area contributed by atoms with Crippen molar-refractivity contribution in [1.29, 1.82) is 0 Å². The summed E-state index contributed by atoms with van der Waals surface area (Å²) in [7, 11) is 0. The van der Waals surface area contributed by atoms with Crippen molar-refractivity contribution in [2.75, 3.05) is 26.2 Å². The summed E-state index contributed by atoms with van der Waals surface area (Å²) >= 11 is 3.11. The molecule has 9 heteroatoms. The third-order valence-electron chi connectivity index (χ3n) is 3.51. The Hall–Kier alpha value is -0.930. The molecule has 0 unspecified atom stereocenters. The normalized spacial score (nSPS) is 18.2. The Morgan fingerprint density at radius 2 is 1.83 bits per heavy atom. The van der Waals surface area contributed by atoms with Crippen molar-refractivity contribution in [1.82, 2.24) is 10.2 Å². The minimum absolute atomic E-state index is 0.351. The number of benzene rings is 1. The van der Waals surface area contributed by atoms with Gasteiger partial charge in [0.15, 0.2) is 0 Å². The van der Waals surface area contributed by atoms with Crippen molar-refractivity contribution < 1.29 is 26.7 Å². The van der Waals surface area contributed by atoms with Crippen molar-refractivity contribution in [2.45, 2.75) is 25.3 Å². The highest BCUT2D eigenvalue weighted by atomic mass is 79.9. The second-order valence-corrected chi connectivity index (χ2v) is 6.11. The number of halogens is 6. The molecule has 3 nitrogen and oxygen atoms in total. The summed E-state index contributed by atoms with van der Waals surface area (Å²) in [6.07, 6.45) is -7.83. The van der Waals surface area contributed by atoms with Crippen LogP contribution >= 0.6 is 15.9 Å². The molecule has 1 aromatic carbocycles. The Balaban J connectivity index is 2.29. The largest absolute Gasteiger partial charge is 0.573 e. The monoisotopic (exact) mass is 402 g/mol. The van der Waals surface area contributed by atoms with E-state index in [1.807, 2.05) is 4.90 Å². The van der Waals surface area contributed by atoms with Gasteiger partial charge in [-0.2, -0.15) is 0 Å². The Bertz CT molecular complexity index is 520. The van der Waals surface area contributed by atoms with Crippen molar-refractivity contribution in [3.8, 4) is 5.75 Å². The lowest BCUT2D eigenvalue weighted by molar-refractivity contribution is -0.274. The average molecular weight is 403 g/mol. The fraction of sp³-hybridized carbons (Fsp3) is 0.571. The van der Waals surface area contributed by atoms with E-state index >= 15 is 0 Å². The van der Waals surface area contributed by atoms with Crippen LogP contribution in [0.1, 0.15) is 18.0 Å². The van der Waals surface area contributed by atoms with Crippen LogP contribution in [0.3, 0.4) is 0 Å². The fourth-order valence-corrected chi connectivity index (χ4v) is 3.12. The highest BCUT2D eigenvalue weighted by molar-refractivity contribution is 9.10. The van der Waals surface area contributed by atoms with Crippen molar-refractivity contribution >= 4 is 15.9 Å². The lowest BCUT2D eigenvalue weighted by Crippen LogP contribution is -2.45. The van der Waals surface area contributed by atoms with Gasteiger partial charge in [-0.05, 0) is 23.8 Å². The summed E-state index contributed by atoms with van der Waals surface area (Å²) in [4.78, 5) is 1.85. The second kappa shape index (κ2) is 7.76. The van der Waals surface area contributed by atoms with Gasteiger partial charge in [0.1, 0.15) is 5.75 Å². The molecule has 1 atom stereocenters. The molecule has 0 spiro atoms. The molecule has 0 saturated carbocycles. The zero-order valence-corrected chi connectivity index (χ0v) is 13.6. The minimum atomic E-state index is -4.83. The lowest BCUT2D eigenvalue weighted by Gasteiger charge is -2.35. The summed E-state index contributed by atoms with van der Waals surface area (Å²) in [6, 6.07) is 3.23. The van der Waals surface area contributed by atoms with Gasteiger partial charge in [0.05, 0.1) is 0 Å². The van der Waals surface area contributed by atoms with Crippen LogP contribution in [-0.2, 0) is 0 Å². The zero-order chi connectivity index (χ0) is 17.0. The molecule has 1 N–H and O–H groups in total. The van der Waals surface area contributed by atoms with E-state index in [-0.39, 0.29) is 0 Å². The number of hydrogen-bond donors (Lipinski definition) is 1.